The molecule has 1 aromatic rings. The number of morpholine rings is 1. The number of nitrogens with one attached hydrogen (secondary N) is 2. The zero-order valence-corrected chi connectivity index (χ0v) is 23.2. The summed E-state index contributed by atoms with van der Waals surface area (Å²) in [6.07, 6.45) is 1.81. The topological polar surface area (TPSA) is 120 Å². The van der Waals surface area contributed by atoms with Crippen molar-refractivity contribution in [3.8, 4) is 0 Å². The second-order valence-corrected chi connectivity index (χ2v) is 11.7. The third-order valence-electron chi connectivity index (χ3n) is 9.46. The zero-order chi connectivity index (χ0) is 27.8. The molecule has 4 aliphatic heterocycles. The summed E-state index contributed by atoms with van der Waals surface area (Å²) in [6.45, 7) is 9.70. The summed E-state index contributed by atoms with van der Waals surface area (Å²) in [5.41, 5.74) is -1.33. The molecule has 39 heavy (non-hydrogen) atoms. The van der Waals surface area contributed by atoms with Gasteiger partial charge in [0.05, 0.1) is 43.3 Å². The fourth-order valence-electron chi connectivity index (χ4n) is 7.24. The van der Waals surface area contributed by atoms with E-state index in [-0.39, 0.29) is 30.2 Å². The molecule has 0 saturated carbocycles. The number of hydrogen-bond donors (Lipinski definition) is 3. The Bertz CT molecular complexity index is 1070. The quantitative estimate of drug-likeness (QED) is 0.407. The molecular formula is C29H42N4O6. The molecule has 1 aromatic carbocycles. The van der Waals surface area contributed by atoms with Crippen LogP contribution in [0, 0.1) is 17.8 Å². The van der Waals surface area contributed by atoms with Gasteiger partial charge in [-0.2, -0.15) is 0 Å². The van der Waals surface area contributed by atoms with E-state index < -0.39 is 35.1 Å². The molecule has 1 spiro atoms. The molecule has 4 aliphatic rings. The van der Waals surface area contributed by atoms with Gasteiger partial charge in [-0.1, -0.05) is 38.5 Å². The van der Waals surface area contributed by atoms with Crippen molar-refractivity contribution in [2.24, 2.45) is 17.8 Å². The van der Waals surface area contributed by atoms with Crippen molar-refractivity contribution >= 4 is 23.4 Å². The number of carbonyl (C=O) groups excluding carboxylic acids is 3. The number of likely N-dealkylation sites (tertiary alicyclic amines) is 1. The molecule has 3 amide bonds. The molecular weight excluding hydrogens is 500 g/mol. The Morgan fingerprint density at radius 1 is 1.15 bits per heavy atom. The maximum Gasteiger partial charge on any atom is 0.245 e. The van der Waals surface area contributed by atoms with Crippen LogP contribution in [0.3, 0.4) is 0 Å². The predicted octanol–water partition coefficient (Wildman–Crippen LogP) is 1.25. The van der Waals surface area contributed by atoms with E-state index in [1.807, 2.05) is 51.1 Å². The Morgan fingerprint density at radius 3 is 2.54 bits per heavy atom. The van der Waals surface area contributed by atoms with Gasteiger partial charge in [0.2, 0.25) is 17.7 Å². The van der Waals surface area contributed by atoms with Crippen LogP contribution in [0.25, 0.3) is 0 Å². The van der Waals surface area contributed by atoms with Crippen molar-refractivity contribution in [3.05, 3.63) is 30.3 Å². The normalized spacial score (nSPS) is 33.6. The van der Waals surface area contributed by atoms with Gasteiger partial charge in [-0.05, 0) is 37.8 Å². The summed E-state index contributed by atoms with van der Waals surface area (Å²) >= 11 is 0. The number of amides is 3. The van der Waals surface area contributed by atoms with Crippen LogP contribution in [0.1, 0.15) is 40.0 Å². The van der Waals surface area contributed by atoms with Crippen molar-refractivity contribution in [1.82, 2.24) is 15.1 Å². The number of aliphatic hydroxyl groups excluding tert-OH is 1. The maximum absolute atomic E-state index is 14.3. The van der Waals surface area contributed by atoms with Crippen molar-refractivity contribution in [2.75, 3.05) is 51.3 Å². The molecule has 214 valence electrons. The molecule has 5 rings (SSSR count). The minimum atomic E-state index is -1.12. The van der Waals surface area contributed by atoms with E-state index in [0.717, 1.165) is 19.5 Å². The Balaban J connectivity index is 1.44. The predicted molar refractivity (Wildman–Crippen MR) is 145 cm³/mol. The number of anilines is 1. The van der Waals surface area contributed by atoms with E-state index in [9.17, 15) is 19.5 Å². The van der Waals surface area contributed by atoms with Gasteiger partial charge in [0.25, 0.3) is 0 Å². The highest BCUT2D eigenvalue weighted by Gasteiger charge is 2.78. The first-order valence-electron chi connectivity index (χ1n) is 14.3. The third-order valence-corrected chi connectivity index (χ3v) is 9.46. The molecule has 7 atom stereocenters. The van der Waals surface area contributed by atoms with Gasteiger partial charge in [-0.25, -0.2) is 0 Å². The molecule has 0 aliphatic carbocycles. The lowest BCUT2D eigenvalue weighted by molar-refractivity contribution is -0.150. The second-order valence-electron chi connectivity index (χ2n) is 11.7. The number of aliphatic hydroxyl groups is 1. The Kier molecular flexibility index (Phi) is 8.01. The van der Waals surface area contributed by atoms with Gasteiger partial charge in [0.15, 0.2) is 0 Å². The number of fused-ring (bicyclic) bond motifs is 1. The second kappa shape index (κ2) is 11.2. The van der Waals surface area contributed by atoms with E-state index in [0.29, 0.717) is 44.8 Å². The number of nitrogens with zero attached hydrogens (tertiary/aromatic N) is 2. The van der Waals surface area contributed by atoms with E-state index in [2.05, 4.69) is 15.5 Å². The van der Waals surface area contributed by atoms with Gasteiger partial charge in [-0.15, -0.1) is 0 Å². The van der Waals surface area contributed by atoms with Gasteiger partial charge in [0.1, 0.15) is 11.6 Å². The van der Waals surface area contributed by atoms with Crippen LogP contribution < -0.4 is 10.6 Å². The van der Waals surface area contributed by atoms with E-state index in [1.54, 1.807) is 4.90 Å². The molecule has 3 N–H and O–H groups in total. The molecule has 4 fully saturated rings. The van der Waals surface area contributed by atoms with Crippen molar-refractivity contribution in [2.45, 2.75) is 63.3 Å². The Hall–Kier alpha value is -2.53. The standard InChI is InChI=1S/C29H42N4O6/c1-4-19(2)21(18-34)33-24(26(36)30-12-13-32-14-16-38-17-15-32)29-11-10-28(3,39-29)22(23(29)27(33)37)25(35)31-20-8-6-5-7-9-20/h5-9,19,21-24,34H,4,10-18H2,1-3H3,(H,30,36)(H,31,35)/t19-,21-,22-,23-,24?,28+,29?/m0/s1. The average Bonchev–Trinajstić information content (AvgIpc) is 3.51. The lowest BCUT2D eigenvalue weighted by atomic mass is 9.66. The molecule has 0 aromatic heterocycles. The summed E-state index contributed by atoms with van der Waals surface area (Å²) in [5.74, 6) is -2.42. The van der Waals surface area contributed by atoms with Crippen molar-refractivity contribution < 1.29 is 29.0 Å². The SMILES string of the molecule is CC[C@H](C)[C@H](CO)N1C(=O)[C@@H]2[C@@H](C(=O)Nc3ccccc3)[C@@]3(C)CCC2(O3)C1C(=O)NCCN1CCOCC1. The molecule has 2 unspecified atom stereocenters. The average molecular weight is 543 g/mol. The number of carbonyl (C=O) groups is 3. The first kappa shape index (κ1) is 28.0. The Morgan fingerprint density at radius 2 is 1.87 bits per heavy atom. The first-order chi connectivity index (χ1) is 18.8. The minimum absolute atomic E-state index is 0.0396. The van der Waals surface area contributed by atoms with Gasteiger partial charge < -0.3 is 30.1 Å². The monoisotopic (exact) mass is 542 g/mol. The summed E-state index contributed by atoms with van der Waals surface area (Å²) in [4.78, 5) is 45.8. The highest BCUT2D eigenvalue weighted by atomic mass is 16.5. The van der Waals surface area contributed by atoms with Crippen LogP contribution in [0.2, 0.25) is 0 Å². The molecule has 10 nitrogen and oxygen atoms in total. The minimum Gasteiger partial charge on any atom is -0.394 e. The summed E-state index contributed by atoms with van der Waals surface area (Å²) < 4.78 is 12.1. The maximum atomic E-state index is 14.3. The fraction of sp³-hybridized carbons (Fsp3) is 0.690. The van der Waals surface area contributed by atoms with Gasteiger partial charge in [-0.3, -0.25) is 19.3 Å². The Labute approximate surface area is 230 Å². The summed E-state index contributed by atoms with van der Waals surface area (Å²) in [7, 11) is 0. The summed E-state index contributed by atoms with van der Waals surface area (Å²) in [6, 6.07) is 7.71. The van der Waals surface area contributed by atoms with E-state index >= 15 is 0 Å². The van der Waals surface area contributed by atoms with Crippen molar-refractivity contribution in [1.29, 1.82) is 0 Å². The smallest absolute Gasteiger partial charge is 0.245 e. The van der Waals surface area contributed by atoms with Crippen LogP contribution in [0.15, 0.2) is 30.3 Å². The number of hydrogen-bond acceptors (Lipinski definition) is 7. The molecule has 0 radical (unpaired) electrons. The van der Waals surface area contributed by atoms with E-state index in [4.69, 9.17) is 9.47 Å². The molecule has 4 saturated heterocycles. The van der Waals surface area contributed by atoms with Gasteiger partial charge >= 0.3 is 0 Å². The van der Waals surface area contributed by atoms with Crippen LogP contribution in [-0.2, 0) is 23.9 Å². The largest absolute Gasteiger partial charge is 0.394 e. The van der Waals surface area contributed by atoms with Crippen LogP contribution >= 0.6 is 0 Å². The fourth-order valence-corrected chi connectivity index (χ4v) is 7.24. The molecule has 2 bridgehead atoms. The van der Waals surface area contributed by atoms with Gasteiger partial charge in [0, 0.05) is 31.9 Å². The number of ether oxygens (including phenoxy) is 2. The highest BCUT2D eigenvalue weighted by molar-refractivity contribution is 6.02. The van der Waals surface area contributed by atoms with Crippen LogP contribution in [0.5, 0.6) is 0 Å². The lowest BCUT2D eigenvalue weighted by Crippen LogP contribution is -2.59. The number of para-hydroxylation sites is 1. The summed E-state index contributed by atoms with van der Waals surface area (Å²) in [5, 5.41) is 16.5. The molecule has 10 heteroatoms. The molecule has 4 heterocycles. The van der Waals surface area contributed by atoms with Crippen molar-refractivity contribution in [3.63, 3.8) is 0 Å². The first-order valence-corrected chi connectivity index (χ1v) is 14.3. The number of rotatable bonds is 10. The third kappa shape index (κ3) is 4.85. The van der Waals surface area contributed by atoms with E-state index in [1.165, 1.54) is 0 Å². The van der Waals surface area contributed by atoms with Crippen LogP contribution in [-0.4, -0.2) is 102 Å². The zero-order valence-electron chi connectivity index (χ0n) is 23.2. The highest BCUT2D eigenvalue weighted by Crippen LogP contribution is 2.63. The number of benzene rings is 1. The lowest BCUT2D eigenvalue weighted by Gasteiger charge is -2.39. The van der Waals surface area contributed by atoms with Crippen LogP contribution in [0.4, 0.5) is 5.69 Å².